The fourth-order valence-electron chi connectivity index (χ4n) is 1.93. The summed E-state index contributed by atoms with van der Waals surface area (Å²) >= 11 is 0. The van der Waals surface area contributed by atoms with Crippen LogP contribution in [0.3, 0.4) is 0 Å². The molecule has 0 aliphatic carbocycles. The van der Waals surface area contributed by atoms with E-state index in [-0.39, 0.29) is 24.5 Å². The number of hydrogen-bond donors (Lipinski definition) is 1. The Balaban J connectivity index is 2.27. The maximum absolute atomic E-state index is 11.8. The molecule has 0 radical (unpaired) electrons. The Labute approximate surface area is 115 Å². The minimum Gasteiger partial charge on any atom is -0.376 e. The van der Waals surface area contributed by atoms with Gasteiger partial charge in [0, 0.05) is 33.2 Å². The van der Waals surface area contributed by atoms with E-state index >= 15 is 0 Å². The zero-order valence-corrected chi connectivity index (χ0v) is 12.1. The molecule has 1 aliphatic heterocycles. The quantitative estimate of drug-likeness (QED) is 0.690. The molecule has 1 saturated heterocycles. The third-order valence-electron chi connectivity index (χ3n) is 3.15. The Morgan fingerprint density at radius 3 is 2.58 bits per heavy atom. The Morgan fingerprint density at radius 2 is 2.05 bits per heavy atom. The van der Waals surface area contributed by atoms with Crippen molar-refractivity contribution in [2.24, 2.45) is 0 Å². The van der Waals surface area contributed by atoms with Gasteiger partial charge in [0.2, 0.25) is 11.8 Å². The van der Waals surface area contributed by atoms with E-state index in [0.29, 0.717) is 13.1 Å². The number of carbonyl (C=O) groups excluding carboxylic acids is 2. The first-order valence-electron chi connectivity index (χ1n) is 6.77. The van der Waals surface area contributed by atoms with Crippen molar-refractivity contribution in [1.29, 1.82) is 0 Å². The summed E-state index contributed by atoms with van der Waals surface area (Å²) < 4.78 is 5.43. The molecule has 1 heterocycles. The second-order valence-corrected chi connectivity index (χ2v) is 5.18. The van der Waals surface area contributed by atoms with Gasteiger partial charge in [0.05, 0.1) is 12.6 Å². The lowest BCUT2D eigenvalue weighted by Gasteiger charge is -2.22. The topological polar surface area (TPSA) is 61.9 Å². The molecule has 1 aliphatic rings. The molecule has 0 spiro atoms. The van der Waals surface area contributed by atoms with Crippen molar-refractivity contribution < 1.29 is 14.3 Å². The zero-order chi connectivity index (χ0) is 14.3. The van der Waals surface area contributed by atoms with Crippen LogP contribution in [0.2, 0.25) is 0 Å². The van der Waals surface area contributed by atoms with E-state index in [0.717, 1.165) is 26.0 Å². The van der Waals surface area contributed by atoms with Crippen LogP contribution < -0.4 is 5.32 Å². The van der Waals surface area contributed by atoms with E-state index in [1.54, 1.807) is 4.90 Å². The molecular weight excluding hydrogens is 246 g/mol. The summed E-state index contributed by atoms with van der Waals surface area (Å²) in [6.07, 6.45) is 2.19. The number of likely N-dealkylation sites (N-methyl/N-ethyl adjacent to an activating group) is 1. The van der Waals surface area contributed by atoms with E-state index in [9.17, 15) is 9.59 Å². The number of nitrogens with zero attached hydrogens (tertiary/aromatic N) is 2. The predicted octanol–water partition coefficient (Wildman–Crippen LogP) is -0.308. The smallest absolute Gasteiger partial charge is 0.239 e. The number of hydrogen-bond acceptors (Lipinski definition) is 4. The standard InChI is InChI=1S/C13H25N3O3/c1-11(17)16(7-6-15(2)3)10-13(18)14-9-12-5-4-8-19-12/h12H,4-10H2,1-3H3,(H,14,18). The SMILES string of the molecule is CC(=O)N(CCN(C)C)CC(=O)NCC1CCCO1. The van der Waals surface area contributed by atoms with Crippen molar-refractivity contribution in [3.05, 3.63) is 0 Å². The van der Waals surface area contributed by atoms with Crippen molar-refractivity contribution in [3.8, 4) is 0 Å². The first kappa shape index (κ1) is 15.9. The second-order valence-electron chi connectivity index (χ2n) is 5.18. The van der Waals surface area contributed by atoms with Gasteiger partial charge in [-0.05, 0) is 26.9 Å². The molecule has 1 fully saturated rings. The van der Waals surface area contributed by atoms with Gasteiger partial charge in [-0.2, -0.15) is 0 Å². The molecular formula is C13H25N3O3. The van der Waals surface area contributed by atoms with Gasteiger partial charge in [-0.1, -0.05) is 0 Å². The van der Waals surface area contributed by atoms with Crippen LogP contribution >= 0.6 is 0 Å². The molecule has 1 rings (SSSR count). The third kappa shape index (κ3) is 6.54. The Hall–Kier alpha value is -1.14. The Morgan fingerprint density at radius 1 is 1.32 bits per heavy atom. The predicted molar refractivity (Wildman–Crippen MR) is 72.8 cm³/mol. The molecule has 0 aromatic carbocycles. The Kier molecular flexibility index (Phi) is 6.80. The molecule has 110 valence electrons. The molecule has 0 bridgehead atoms. The minimum absolute atomic E-state index is 0.0749. The van der Waals surface area contributed by atoms with E-state index in [1.807, 2.05) is 19.0 Å². The van der Waals surface area contributed by atoms with Crippen molar-refractivity contribution in [3.63, 3.8) is 0 Å². The summed E-state index contributed by atoms with van der Waals surface area (Å²) in [5, 5.41) is 2.83. The highest BCUT2D eigenvalue weighted by Crippen LogP contribution is 2.10. The van der Waals surface area contributed by atoms with E-state index in [4.69, 9.17) is 4.74 Å². The van der Waals surface area contributed by atoms with Crippen LogP contribution in [0.5, 0.6) is 0 Å². The molecule has 1 atom stereocenters. The number of amides is 2. The first-order valence-corrected chi connectivity index (χ1v) is 6.77. The van der Waals surface area contributed by atoms with Gasteiger partial charge < -0.3 is 19.9 Å². The molecule has 2 amide bonds. The molecule has 6 heteroatoms. The van der Waals surface area contributed by atoms with Gasteiger partial charge in [-0.25, -0.2) is 0 Å². The monoisotopic (exact) mass is 271 g/mol. The maximum Gasteiger partial charge on any atom is 0.239 e. The number of carbonyl (C=O) groups is 2. The van der Waals surface area contributed by atoms with Crippen molar-refractivity contribution in [2.45, 2.75) is 25.9 Å². The molecule has 0 saturated carbocycles. The fraction of sp³-hybridized carbons (Fsp3) is 0.846. The molecule has 1 unspecified atom stereocenters. The highest BCUT2D eigenvalue weighted by molar-refractivity contribution is 5.83. The van der Waals surface area contributed by atoms with E-state index in [1.165, 1.54) is 6.92 Å². The minimum atomic E-state index is -0.121. The van der Waals surface area contributed by atoms with E-state index in [2.05, 4.69) is 5.32 Å². The summed E-state index contributed by atoms with van der Waals surface area (Å²) in [5.74, 6) is -0.196. The van der Waals surface area contributed by atoms with Crippen LogP contribution in [-0.4, -0.2) is 74.6 Å². The fourth-order valence-corrected chi connectivity index (χ4v) is 1.93. The molecule has 6 nitrogen and oxygen atoms in total. The molecule has 0 aromatic heterocycles. The van der Waals surface area contributed by atoms with Crippen LogP contribution in [0.15, 0.2) is 0 Å². The summed E-state index contributed by atoms with van der Waals surface area (Å²) in [6, 6.07) is 0. The summed E-state index contributed by atoms with van der Waals surface area (Å²) in [4.78, 5) is 26.8. The molecule has 0 aromatic rings. The normalized spacial score (nSPS) is 18.6. The summed E-state index contributed by atoms with van der Waals surface area (Å²) in [7, 11) is 3.88. The van der Waals surface area contributed by atoms with Gasteiger partial charge >= 0.3 is 0 Å². The maximum atomic E-state index is 11.8. The van der Waals surface area contributed by atoms with Crippen LogP contribution in [0.1, 0.15) is 19.8 Å². The van der Waals surface area contributed by atoms with Crippen molar-refractivity contribution in [2.75, 3.05) is 46.9 Å². The van der Waals surface area contributed by atoms with Crippen molar-refractivity contribution in [1.82, 2.24) is 15.1 Å². The number of nitrogens with one attached hydrogen (secondary N) is 1. The van der Waals surface area contributed by atoms with E-state index < -0.39 is 0 Å². The molecule has 19 heavy (non-hydrogen) atoms. The number of rotatable bonds is 7. The lowest BCUT2D eigenvalue weighted by Crippen LogP contribution is -2.44. The Bertz CT molecular complexity index is 302. The zero-order valence-electron chi connectivity index (χ0n) is 12.1. The lowest BCUT2D eigenvalue weighted by molar-refractivity contribution is -0.134. The van der Waals surface area contributed by atoms with Gasteiger partial charge in [0.25, 0.3) is 0 Å². The average molecular weight is 271 g/mol. The lowest BCUT2D eigenvalue weighted by atomic mass is 10.2. The van der Waals surface area contributed by atoms with Gasteiger partial charge in [0.1, 0.15) is 0 Å². The average Bonchev–Trinajstić information content (AvgIpc) is 2.84. The van der Waals surface area contributed by atoms with Crippen molar-refractivity contribution >= 4 is 11.8 Å². The van der Waals surface area contributed by atoms with Crippen LogP contribution in [-0.2, 0) is 14.3 Å². The van der Waals surface area contributed by atoms with Crippen LogP contribution in [0.4, 0.5) is 0 Å². The third-order valence-corrected chi connectivity index (χ3v) is 3.15. The van der Waals surface area contributed by atoms with Crippen LogP contribution in [0.25, 0.3) is 0 Å². The molecule has 1 N–H and O–H groups in total. The van der Waals surface area contributed by atoms with Crippen LogP contribution in [0, 0.1) is 0 Å². The second kappa shape index (κ2) is 8.12. The summed E-state index contributed by atoms with van der Waals surface area (Å²) in [5.41, 5.74) is 0. The van der Waals surface area contributed by atoms with Gasteiger partial charge in [0.15, 0.2) is 0 Å². The highest BCUT2D eigenvalue weighted by Gasteiger charge is 2.18. The highest BCUT2D eigenvalue weighted by atomic mass is 16.5. The van der Waals surface area contributed by atoms with Gasteiger partial charge in [-0.3, -0.25) is 9.59 Å². The largest absolute Gasteiger partial charge is 0.376 e. The van der Waals surface area contributed by atoms with Gasteiger partial charge in [-0.15, -0.1) is 0 Å². The summed E-state index contributed by atoms with van der Waals surface area (Å²) in [6.45, 7) is 4.24. The first-order chi connectivity index (χ1) is 8.99. The number of ether oxygens (including phenoxy) is 1.